The molecule has 6 rings (SSSR count). The predicted molar refractivity (Wildman–Crippen MR) is 135 cm³/mol. The largest absolute Gasteiger partial charge is 0.358 e. The van der Waals surface area contributed by atoms with E-state index >= 15 is 0 Å². The van der Waals surface area contributed by atoms with E-state index in [1.165, 1.54) is 0 Å². The van der Waals surface area contributed by atoms with Crippen molar-refractivity contribution < 1.29 is 4.79 Å². The summed E-state index contributed by atoms with van der Waals surface area (Å²) in [4.78, 5) is 34.9. The molecule has 4 aromatic heterocycles. The molecule has 9 heteroatoms. The standard InChI is InChI=1S/C25H25N7OS/c1-2-20-29-22(23-27-18-7-3-4-8-19(18)28-23)25(34-20)31-14-12-30(13-15-31)21(33)16-32-11-9-17-6-5-10-26-24(17)32/h3-11H,2,12-16H2,1H3,(H,27,28). The molecule has 1 aliphatic rings. The molecule has 34 heavy (non-hydrogen) atoms. The Morgan fingerprint density at radius 2 is 1.91 bits per heavy atom. The molecule has 0 radical (unpaired) electrons. The van der Waals surface area contributed by atoms with E-state index in [4.69, 9.17) is 9.97 Å². The number of aromatic nitrogens is 5. The van der Waals surface area contributed by atoms with E-state index < -0.39 is 0 Å². The highest BCUT2D eigenvalue weighted by atomic mass is 32.1. The number of hydrogen-bond donors (Lipinski definition) is 1. The summed E-state index contributed by atoms with van der Waals surface area (Å²) in [7, 11) is 0. The number of H-pyrrole nitrogens is 1. The topological polar surface area (TPSA) is 82.9 Å². The maximum absolute atomic E-state index is 13.0. The fraction of sp³-hybridized carbons (Fsp3) is 0.280. The molecule has 1 N–H and O–H groups in total. The first-order valence-corrected chi connectivity index (χ1v) is 12.4. The van der Waals surface area contributed by atoms with Crippen molar-refractivity contribution in [1.29, 1.82) is 0 Å². The van der Waals surface area contributed by atoms with E-state index in [9.17, 15) is 4.79 Å². The molecule has 8 nitrogen and oxygen atoms in total. The van der Waals surface area contributed by atoms with E-state index in [0.717, 1.165) is 63.1 Å². The quantitative estimate of drug-likeness (QED) is 0.420. The molecule has 1 fully saturated rings. The molecule has 1 aromatic carbocycles. The maximum Gasteiger partial charge on any atom is 0.242 e. The van der Waals surface area contributed by atoms with Crippen LogP contribution in [-0.4, -0.2) is 61.5 Å². The summed E-state index contributed by atoms with van der Waals surface area (Å²) in [6, 6.07) is 14.0. The highest BCUT2D eigenvalue weighted by Crippen LogP contribution is 2.36. The number of pyridine rings is 1. The Morgan fingerprint density at radius 1 is 1.06 bits per heavy atom. The molecule has 0 unspecified atom stereocenters. The first-order chi connectivity index (χ1) is 16.7. The van der Waals surface area contributed by atoms with Crippen LogP contribution in [0, 0.1) is 0 Å². The lowest BCUT2D eigenvalue weighted by Gasteiger charge is -2.35. The molecule has 0 saturated carbocycles. The van der Waals surface area contributed by atoms with Crippen molar-refractivity contribution in [3.05, 3.63) is 59.9 Å². The van der Waals surface area contributed by atoms with Crippen LogP contribution in [0.2, 0.25) is 0 Å². The van der Waals surface area contributed by atoms with Gasteiger partial charge in [0.25, 0.3) is 0 Å². The number of thiazole rings is 1. The SMILES string of the molecule is CCc1nc(-c2nc3ccccc3[nH]2)c(N2CCN(C(=O)Cn3ccc4cccnc43)CC2)s1. The Morgan fingerprint density at radius 3 is 2.74 bits per heavy atom. The minimum absolute atomic E-state index is 0.124. The van der Waals surface area contributed by atoms with E-state index in [1.54, 1.807) is 17.5 Å². The smallest absolute Gasteiger partial charge is 0.242 e. The van der Waals surface area contributed by atoms with E-state index in [2.05, 4.69) is 21.8 Å². The lowest BCUT2D eigenvalue weighted by molar-refractivity contribution is -0.132. The fourth-order valence-corrected chi connectivity index (χ4v) is 5.55. The van der Waals surface area contributed by atoms with Crippen molar-refractivity contribution in [2.24, 2.45) is 0 Å². The number of anilines is 1. The van der Waals surface area contributed by atoms with Crippen LogP contribution in [0.4, 0.5) is 5.00 Å². The normalized spacial score (nSPS) is 14.4. The number of benzene rings is 1. The van der Waals surface area contributed by atoms with Crippen molar-refractivity contribution in [2.75, 3.05) is 31.1 Å². The first-order valence-electron chi connectivity index (χ1n) is 11.6. The second kappa shape index (κ2) is 8.57. The zero-order valence-corrected chi connectivity index (χ0v) is 19.8. The summed E-state index contributed by atoms with van der Waals surface area (Å²) in [6.07, 6.45) is 4.59. The van der Waals surface area contributed by atoms with E-state index in [1.807, 2.05) is 58.1 Å². The zero-order valence-electron chi connectivity index (χ0n) is 18.9. The number of aromatic amines is 1. The van der Waals surface area contributed by atoms with Gasteiger partial charge >= 0.3 is 0 Å². The van der Waals surface area contributed by atoms with Gasteiger partial charge < -0.3 is 19.4 Å². The summed E-state index contributed by atoms with van der Waals surface area (Å²) in [5.74, 6) is 0.927. The number of imidazole rings is 1. The summed E-state index contributed by atoms with van der Waals surface area (Å²) < 4.78 is 1.93. The second-order valence-corrected chi connectivity index (χ2v) is 9.51. The Balaban J connectivity index is 1.19. The lowest BCUT2D eigenvalue weighted by atomic mass is 10.3. The minimum atomic E-state index is 0.124. The summed E-state index contributed by atoms with van der Waals surface area (Å²) in [5, 5.41) is 3.27. The predicted octanol–water partition coefficient (Wildman–Crippen LogP) is 3.95. The van der Waals surface area contributed by atoms with Crippen LogP contribution in [0.15, 0.2) is 54.9 Å². The Bertz CT molecular complexity index is 1440. The van der Waals surface area contributed by atoms with Crippen LogP contribution in [0.5, 0.6) is 0 Å². The van der Waals surface area contributed by atoms with Crippen LogP contribution in [-0.2, 0) is 17.8 Å². The summed E-state index contributed by atoms with van der Waals surface area (Å²) >= 11 is 1.72. The number of nitrogens with zero attached hydrogens (tertiary/aromatic N) is 6. The summed E-state index contributed by atoms with van der Waals surface area (Å²) in [6.45, 7) is 5.35. The Hall–Kier alpha value is -3.72. The highest BCUT2D eigenvalue weighted by molar-refractivity contribution is 7.16. The van der Waals surface area contributed by atoms with Gasteiger partial charge in [0, 0.05) is 44.0 Å². The highest BCUT2D eigenvalue weighted by Gasteiger charge is 2.26. The van der Waals surface area contributed by atoms with E-state index in [0.29, 0.717) is 19.6 Å². The van der Waals surface area contributed by atoms with Gasteiger partial charge in [0.1, 0.15) is 22.9 Å². The number of rotatable bonds is 5. The minimum Gasteiger partial charge on any atom is -0.358 e. The number of piperazine rings is 1. The van der Waals surface area contributed by atoms with E-state index in [-0.39, 0.29) is 5.91 Å². The van der Waals surface area contributed by atoms with Gasteiger partial charge in [-0.25, -0.2) is 15.0 Å². The van der Waals surface area contributed by atoms with Gasteiger partial charge in [-0.05, 0) is 36.8 Å². The molecular formula is C25H25N7OS. The van der Waals surface area contributed by atoms with Gasteiger partial charge in [0.2, 0.25) is 5.91 Å². The van der Waals surface area contributed by atoms with Crippen molar-refractivity contribution in [2.45, 2.75) is 19.9 Å². The average molecular weight is 472 g/mol. The summed E-state index contributed by atoms with van der Waals surface area (Å²) in [5.41, 5.74) is 3.71. The van der Waals surface area contributed by atoms with Crippen LogP contribution < -0.4 is 4.90 Å². The molecule has 5 heterocycles. The van der Waals surface area contributed by atoms with Crippen molar-refractivity contribution >= 4 is 44.3 Å². The van der Waals surface area contributed by atoms with Crippen molar-refractivity contribution in [3.8, 4) is 11.5 Å². The third-order valence-corrected chi connectivity index (χ3v) is 7.58. The van der Waals surface area contributed by atoms with Gasteiger partial charge in [0.15, 0.2) is 5.82 Å². The average Bonchev–Trinajstić information content (AvgIpc) is 3.60. The number of amides is 1. The Kier molecular flexibility index (Phi) is 5.26. The lowest BCUT2D eigenvalue weighted by Crippen LogP contribution is -2.49. The van der Waals surface area contributed by atoms with Crippen LogP contribution in [0.25, 0.3) is 33.6 Å². The third-order valence-electron chi connectivity index (χ3n) is 6.32. The molecular weight excluding hydrogens is 446 g/mol. The van der Waals surface area contributed by atoms with Gasteiger partial charge in [-0.1, -0.05) is 19.1 Å². The first kappa shape index (κ1) is 20.9. The van der Waals surface area contributed by atoms with Crippen LogP contribution >= 0.6 is 11.3 Å². The number of nitrogens with one attached hydrogen (secondary N) is 1. The number of para-hydroxylation sites is 2. The zero-order chi connectivity index (χ0) is 23.1. The molecule has 0 spiro atoms. The monoisotopic (exact) mass is 471 g/mol. The number of fused-ring (bicyclic) bond motifs is 2. The molecule has 172 valence electrons. The van der Waals surface area contributed by atoms with Crippen molar-refractivity contribution in [3.63, 3.8) is 0 Å². The Labute approximate surface area is 200 Å². The number of aryl methyl sites for hydroxylation is 1. The maximum atomic E-state index is 13.0. The number of hydrogen-bond acceptors (Lipinski definition) is 6. The van der Waals surface area contributed by atoms with Gasteiger partial charge in [-0.15, -0.1) is 11.3 Å². The molecule has 0 aliphatic carbocycles. The number of carbonyl (C=O) groups is 1. The van der Waals surface area contributed by atoms with Gasteiger partial charge in [-0.3, -0.25) is 4.79 Å². The molecule has 1 aliphatic heterocycles. The molecule has 5 aromatic rings. The van der Waals surface area contributed by atoms with Crippen molar-refractivity contribution in [1.82, 2.24) is 29.4 Å². The third kappa shape index (κ3) is 3.71. The molecule has 1 saturated heterocycles. The van der Waals surface area contributed by atoms with Gasteiger partial charge in [-0.2, -0.15) is 0 Å². The molecule has 1 amide bonds. The van der Waals surface area contributed by atoms with Gasteiger partial charge in [0.05, 0.1) is 16.0 Å². The fourth-order valence-electron chi connectivity index (χ4n) is 4.49. The van der Waals surface area contributed by atoms with Crippen LogP contribution in [0.3, 0.4) is 0 Å². The number of carbonyl (C=O) groups excluding carboxylic acids is 1. The van der Waals surface area contributed by atoms with Crippen LogP contribution in [0.1, 0.15) is 11.9 Å². The molecule has 0 atom stereocenters. The molecule has 0 bridgehead atoms. The second-order valence-electron chi connectivity index (χ2n) is 8.45.